The Morgan fingerprint density at radius 1 is 0.605 bits per heavy atom. The van der Waals surface area contributed by atoms with E-state index in [9.17, 15) is 28.8 Å². The highest BCUT2D eigenvalue weighted by Crippen LogP contribution is 2.26. The van der Waals surface area contributed by atoms with Crippen LogP contribution in [0, 0.1) is 11.8 Å². The second-order valence-electron chi connectivity index (χ2n) is 20.1. The third-order valence-corrected chi connectivity index (χ3v) is 16.1. The highest BCUT2D eigenvalue weighted by molar-refractivity contribution is 7.98. The number of halogens is 1. The Morgan fingerprint density at radius 2 is 1.02 bits per heavy atom. The predicted molar refractivity (Wildman–Crippen MR) is 328 cm³/mol. The maximum atomic E-state index is 12.7. The van der Waals surface area contributed by atoms with Gasteiger partial charge in [-0.05, 0) is 135 Å². The molecule has 3 N–H and O–H groups in total. The fourth-order valence-corrected chi connectivity index (χ4v) is 10.6. The predicted octanol–water partition coefficient (Wildman–Crippen LogP) is 6.46. The number of pyridine rings is 2. The first-order valence-corrected chi connectivity index (χ1v) is 30.4. The Bertz CT molecular complexity index is 3270. The molecule has 0 saturated carbocycles. The number of allylic oxidation sites excluding steroid dienone is 1. The molecule has 428 valence electrons. The quantitative estimate of drug-likeness (QED) is 0.0553. The summed E-state index contributed by atoms with van der Waals surface area (Å²) in [5.41, 5.74) is 5.09. The molecular weight excluding hydrogens is 1090 g/mol. The number of piperazine rings is 2. The Morgan fingerprint density at radius 3 is 1.40 bits per heavy atom. The molecule has 4 saturated heterocycles. The molecule has 0 atom stereocenters. The van der Waals surface area contributed by atoms with Gasteiger partial charge in [-0.15, -0.1) is 0 Å². The number of aryl methyl sites for hydroxylation is 2. The first-order valence-electron chi connectivity index (χ1n) is 27.3. The third-order valence-electron chi connectivity index (χ3n) is 14.7. The van der Waals surface area contributed by atoms with Crippen molar-refractivity contribution in [3.63, 3.8) is 0 Å². The minimum Gasteiger partial charge on any atom is -0.368 e. The fourth-order valence-electron chi connectivity index (χ4n) is 9.83. The number of amides is 3. The summed E-state index contributed by atoms with van der Waals surface area (Å²) in [6.07, 6.45) is 12.9. The standard InChI is InChI=1S/C29H35N7O3S.C26H33N7O2S.C3H3ClO/c1-3-25(37)35-19-21(20-35)10-12-36-27(39)9-4-22-18-30-29(32-28(22)36)31-23-5-7-24(8-6-23)33-13-15-34(16-14-33)26(38)11-17-40-2;1-36-15-9-23(34)32-13-11-31(12-14-32)22-5-3-21(4-6-22)29-26-28-18-20-2-7-24(35)33(25(20)30-26)10-8-19-16-27-17-19;1-2-3(4)5/h3-9,18,21H,1,10-17,19-20H2,2H3,(H,30,31,32);2-7,18-19,27H,8-17H2,1H3,(H,28,29,30);2H,1H2. The number of nitrogens with zero attached hydrogens (tertiary/aromatic N) is 11. The average molecular weight is 1160 g/mol. The Labute approximate surface area is 485 Å². The van der Waals surface area contributed by atoms with Crippen LogP contribution >= 0.6 is 35.1 Å². The van der Waals surface area contributed by atoms with Gasteiger partial charge in [0.15, 0.2) is 0 Å². The van der Waals surface area contributed by atoms with Crippen molar-refractivity contribution in [2.45, 2.75) is 38.8 Å². The number of nitrogens with one attached hydrogen (secondary N) is 3. The van der Waals surface area contributed by atoms with E-state index in [4.69, 9.17) is 11.6 Å². The zero-order valence-electron chi connectivity index (χ0n) is 46.0. The van der Waals surface area contributed by atoms with Gasteiger partial charge in [0.2, 0.25) is 34.9 Å². The van der Waals surface area contributed by atoms with E-state index in [0.717, 1.165) is 129 Å². The lowest BCUT2D eigenvalue weighted by Crippen LogP contribution is -2.49. The van der Waals surface area contributed by atoms with Crippen LogP contribution in [0.2, 0.25) is 0 Å². The number of rotatable bonds is 20. The highest BCUT2D eigenvalue weighted by atomic mass is 35.5. The number of hydrogen-bond acceptors (Lipinski definition) is 17. The maximum absolute atomic E-state index is 12.7. The van der Waals surface area contributed by atoms with Crippen molar-refractivity contribution in [2.75, 3.05) is 123 Å². The Balaban J connectivity index is 0.000000197. The maximum Gasteiger partial charge on any atom is 0.252 e. The molecule has 0 spiro atoms. The summed E-state index contributed by atoms with van der Waals surface area (Å²) >= 11 is 8.12. The highest BCUT2D eigenvalue weighted by Gasteiger charge is 2.29. The molecule has 2 aromatic carbocycles. The SMILES string of the molecule is C=CC(=O)Cl.C=CC(=O)N1CC(CCn2c(=O)ccc3cnc(Nc4ccc(N5CCN(C(=O)CCSC)CC5)cc4)nc32)C1.CSCCC(=O)N1CCN(c2ccc(Nc3ncc4ccc(=O)n(CCC5CNC5)c4n3)cc2)CC1. The van der Waals surface area contributed by atoms with Crippen molar-refractivity contribution in [2.24, 2.45) is 11.8 Å². The van der Waals surface area contributed by atoms with Crippen LogP contribution in [0.3, 0.4) is 0 Å². The molecule has 81 heavy (non-hydrogen) atoms. The number of likely N-dealkylation sites (tertiary alicyclic amines) is 1. The lowest BCUT2D eigenvalue weighted by Gasteiger charge is -2.38. The lowest BCUT2D eigenvalue weighted by atomic mass is 9.96. The molecule has 20 nitrogen and oxygen atoms in total. The van der Waals surface area contributed by atoms with Gasteiger partial charge >= 0.3 is 0 Å². The van der Waals surface area contributed by atoms with Gasteiger partial charge in [0, 0.05) is 161 Å². The smallest absolute Gasteiger partial charge is 0.252 e. The molecule has 0 aliphatic carbocycles. The molecule has 6 aromatic rings. The van der Waals surface area contributed by atoms with E-state index in [2.05, 4.69) is 83.1 Å². The summed E-state index contributed by atoms with van der Waals surface area (Å²) in [5.74, 6) is 4.05. The lowest BCUT2D eigenvalue weighted by molar-refractivity contribution is -0.132. The van der Waals surface area contributed by atoms with Crippen LogP contribution in [0.25, 0.3) is 22.1 Å². The number of carbonyl (C=O) groups excluding carboxylic acids is 4. The van der Waals surface area contributed by atoms with E-state index >= 15 is 0 Å². The summed E-state index contributed by atoms with van der Waals surface area (Å²) < 4.78 is 3.45. The van der Waals surface area contributed by atoms with Crippen LogP contribution in [-0.2, 0) is 32.3 Å². The summed E-state index contributed by atoms with van der Waals surface area (Å²) in [5, 5.41) is 11.0. The summed E-state index contributed by atoms with van der Waals surface area (Å²) in [4.78, 5) is 99.6. The van der Waals surface area contributed by atoms with Gasteiger partial charge in [-0.25, -0.2) is 9.97 Å². The molecule has 4 aromatic heterocycles. The molecule has 0 bridgehead atoms. The first kappa shape index (κ1) is 59.8. The van der Waals surface area contributed by atoms with Crippen LogP contribution in [0.15, 0.2) is 120 Å². The second-order valence-corrected chi connectivity index (χ2v) is 22.4. The van der Waals surface area contributed by atoms with Gasteiger partial charge in [0.05, 0.1) is 0 Å². The molecule has 0 unspecified atom stereocenters. The van der Waals surface area contributed by atoms with Crippen molar-refractivity contribution in [3.05, 3.63) is 131 Å². The van der Waals surface area contributed by atoms with Crippen LogP contribution in [0.4, 0.5) is 34.6 Å². The number of carbonyl (C=O) groups is 4. The van der Waals surface area contributed by atoms with Gasteiger partial charge in [0.25, 0.3) is 11.1 Å². The van der Waals surface area contributed by atoms with Crippen molar-refractivity contribution in [3.8, 4) is 0 Å². The number of anilines is 6. The van der Waals surface area contributed by atoms with Crippen LogP contribution in [0.5, 0.6) is 0 Å². The van der Waals surface area contributed by atoms with Crippen molar-refractivity contribution < 1.29 is 19.2 Å². The largest absolute Gasteiger partial charge is 0.368 e. The molecule has 3 amide bonds. The molecule has 0 radical (unpaired) electrons. The average Bonchev–Trinajstić information content (AvgIpc) is 3.48. The minimum atomic E-state index is -0.509. The normalized spacial score (nSPS) is 15.4. The van der Waals surface area contributed by atoms with Gasteiger partial charge in [-0.3, -0.25) is 37.9 Å². The molecule has 8 heterocycles. The van der Waals surface area contributed by atoms with E-state index in [1.165, 1.54) is 6.08 Å². The number of aromatic nitrogens is 6. The summed E-state index contributed by atoms with van der Waals surface area (Å²) in [7, 11) is 0. The summed E-state index contributed by atoms with van der Waals surface area (Å²) in [6, 6.07) is 23.0. The van der Waals surface area contributed by atoms with E-state index < -0.39 is 5.24 Å². The van der Waals surface area contributed by atoms with Crippen molar-refractivity contribution >= 4 is 115 Å². The molecular formula is C58H71ClN14O6S2. The second kappa shape index (κ2) is 29.4. The van der Waals surface area contributed by atoms with Crippen molar-refractivity contribution in [1.29, 1.82) is 0 Å². The molecule has 4 fully saturated rings. The van der Waals surface area contributed by atoms with E-state index in [-0.39, 0.29) is 28.8 Å². The van der Waals surface area contributed by atoms with E-state index in [1.54, 1.807) is 74.2 Å². The molecule has 4 aliphatic rings. The summed E-state index contributed by atoms with van der Waals surface area (Å²) in [6.45, 7) is 17.5. The number of benzene rings is 2. The minimum absolute atomic E-state index is 0.0326. The Kier molecular flexibility index (Phi) is 21.8. The zero-order valence-corrected chi connectivity index (χ0v) is 48.4. The third kappa shape index (κ3) is 16.4. The topological polar surface area (TPSA) is 216 Å². The number of thioether (sulfide) groups is 2. The van der Waals surface area contributed by atoms with Crippen LogP contribution < -0.4 is 36.9 Å². The fraction of sp³-hybridized carbons (Fsp3) is 0.414. The number of hydrogen-bond donors (Lipinski definition) is 3. The van der Waals surface area contributed by atoms with Gasteiger partial charge in [0.1, 0.15) is 11.3 Å². The zero-order chi connectivity index (χ0) is 57.3. The Hall–Kier alpha value is -7.27. The first-order chi connectivity index (χ1) is 39.3. The molecule has 4 aliphatic heterocycles. The van der Waals surface area contributed by atoms with Gasteiger partial charge in [-0.2, -0.15) is 33.5 Å². The molecule has 10 rings (SSSR count). The van der Waals surface area contributed by atoms with Gasteiger partial charge < -0.3 is 40.4 Å². The number of fused-ring (bicyclic) bond motifs is 2. The van der Waals surface area contributed by atoms with E-state index in [1.807, 2.05) is 46.6 Å². The van der Waals surface area contributed by atoms with E-state index in [0.29, 0.717) is 74.0 Å². The van der Waals surface area contributed by atoms with Crippen LogP contribution in [0.1, 0.15) is 25.7 Å². The van der Waals surface area contributed by atoms with Crippen LogP contribution in [-0.4, -0.2) is 169 Å². The monoisotopic (exact) mass is 1160 g/mol. The van der Waals surface area contributed by atoms with Crippen molar-refractivity contribution in [1.82, 2.24) is 49.1 Å². The molecule has 23 heteroatoms. The van der Waals surface area contributed by atoms with Gasteiger partial charge in [-0.1, -0.05) is 13.2 Å².